The number of benzene rings is 1. The SMILES string of the molecule is Cl.O=C(NC1CCCN(c2ccccc2)C1=O)C1CC(O)CN1. The minimum absolute atomic E-state index is 0. The lowest BCUT2D eigenvalue weighted by Gasteiger charge is -2.33. The quantitative estimate of drug-likeness (QED) is 0.746. The Kier molecular flexibility index (Phi) is 5.98. The van der Waals surface area contributed by atoms with Crippen LogP contribution < -0.4 is 15.5 Å². The fourth-order valence-corrected chi connectivity index (χ4v) is 3.06. The molecule has 2 amide bonds. The first-order valence-electron chi connectivity index (χ1n) is 7.73. The Morgan fingerprint density at radius 2 is 2.04 bits per heavy atom. The highest BCUT2D eigenvalue weighted by atomic mass is 35.5. The van der Waals surface area contributed by atoms with Crippen molar-refractivity contribution in [2.75, 3.05) is 18.0 Å². The second kappa shape index (κ2) is 7.77. The zero-order valence-electron chi connectivity index (χ0n) is 12.8. The first-order chi connectivity index (χ1) is 10.6. The number of carbonyl (C=O) groups excluding carboxylic acids is 2. The van der Waals surface area contributed by atoms with Gasteiger partial charge in [0.2, 0.25) is 11.8 Å². The number of aliphatic hydroxyl groups excluding tert-OH is 1. The molecule has 126 valence electrons. The van der Waals surface area contributed by atoms with Crippen molar-refractivity contribution in [3.8, 4) is 0 Å². The van der Waals surface area contributed by atoms with Crippen LogP contribution in [0.4, 0.5) is 5.69 Å². The van der Waals surface area contributed by atoms with Gasteiger partial charge in [0.1, 0.15) is 6.04 Å². The molecule has 0 radical (unpaired) electrons. The maximum Gasteiger partial charge on any atom is 0.249 e. The minimum atomic E-state index is -0.487. The van der Waals surface area contributed by atoms with E-state index in [1.807, 2.05) is 30.3 Å². The largest absolute Gasteiger partial charge is 0.392 e. The third kappa shape index (κ3) is 4.02. The van der Waals surface area contributed by atoms with E-state index in [0.29, 0.717) is 25.9 Å². The molecule has 1 aromatic carbocycles. The number of amides is 2. The second-order valence-corrected chi connectivity index (χ2v) is 5.88. The van der Waals surface area contributed by atoms with E-state index in [1.165, 1.54) is 0 Å². The van der Waals surface area contributed by atoms with Crippen LogP contribution >= 0.6 is 12.4 Å². The Labute approximate surface area is 141 Å². The van der Waals surface area contributed by atoms with Crippen molar-refractivity contribution in [1.82, 2.24) is 10.6 Å². The maximum absolute atomic E-state index is 12.6. The van der Waals surface area contributed by atoms with Gasteiger partial charge in [0.25, 0.3) is 0 Å². The molecular weight excluding hydrogens is 318 g/mol. The van der Waals surface area contributed by atoms with E-state index in [2.05, 4.69) is 10.6 Å². The van der Waals surface area contributed by atoms with Crippen molar-refractivity contribution in [3.63, 3.8) is 0 Å². The van der Waals surface area contributed by atoms with Crippen molar-refractivity contribution in [3.05, 3.63) is 30.3 Å². The highest BCUT2D eigenvalue weighted by Crippen LogP contribution is 2.21. The number of piperidine rings is 1. The summed E-state index contributed by atoms with van der Waals surface area (Å²) in [6.07, 6.45) is 1.42. The molecule has 2 aliphatic heterocycles. The molecule has 0 saturated carbocycles. The fraction of sp³-hybridized carbons (Fsp3) is 0.500. The number of rotatable bonds is 3. The molecule has 1 aromatic rings. The van der Waals surface area contributed by atoms with Crippen LogP contribution in [0.1, 0.15) is 19.3 Å². The van der Waals surface area contributed by atoms with E-state index in [1.54, 1.807) is 4.90 Å². The number of hydrogen-bond acceptors (Lipinski definition) is 4. The lowest BCUT2D eigenvalue weighted by Crippen LogP contribution is -2.55. The molecule has 2 fully saturated rings. The Hall–Kier alpha value is -1.63. The Morgan fingerprint density at radius 1 is 1.30 bits per heavy atom. The number of aliphatic hydroxyl groups is 1. The topological polar surface area (TPSA) is 81.7 Å². The molecule has 3 rings (SSSR count). The molecule has 0 aliphatic carbocycles. The van der Waals surface area contributed by atoms with E-state index >= 15 is 0 Å². The Balaban J connectivity index is 0.00000192. The second-order valence-electron chi connectivity index (χ2n) is 5.88. The first kappa shape index (κ1) is 17.7. The summed E-state index contributed by atoms with van der Waals surface area (Å²) in [6.45, 7) is 1.10. The van der Waals surface area contributed by atoms with E-state index in [4.69, 9.17) is 0 Å². The molecular formula is C16H22ClN3O3. The fourth-order valence-electron chi connectivity index (χ4n) is 3.06. The number of carbonyl (C=O) groups is 2. The van der Waals surface area contributed by atoms with Gasteiger partial charge in [-0.05, 0) is 31.4 Å². The highest BCUT2D eigenvalue weighted by Gasteiger charge is 2.34. The van der Waals surface area contributed by atoms with E-state index in [-0.39, 0.29) is 24.2 Å². The lowest BCUT2D eigenvalue weighted by molar-refractivity contribution is -0.129. The predicted octanol–water partition coefficient (Wildman–Crippen LogP) is 0.443. The molecule has 0 spiro atoms. The van der Waals surface area contributed by atoms with Gasteiger partial charge in [-0.2, -0.15) is 0 Å². The number of anilines is 1. The van der Waals surface area contributed by atoms with Crippen LogP contribution in [0.25, 0.3) is 0 Å². The average Bonchev–Trinajstić information content (AvgIpc) is 2.97. The minimum Gasteiger partial charge on any atom is -0.392 e. The van der Waals surface area contributed by atoms with Crippen LogP contribution in [0.15, 0.2) is 30.3 Å². The molecule has 3 atom stereocenters. The van der Waals surface area contributed by atoms with Gasteiger partial charge in [0.15, 0.2) is 0 Å². The normalized spacial score (nSPS) is 27.4. The van der Waals surface area contributed by atoms with Crippen LogP contribution in [-0.2, 0) is 9.59 Å². The number of halogens is 1. The van der Waals surface area contributed by atoms with Crippen molar-refractivity contribution < 1.29 is 14.7 Å². The van der Waals surface area contributed by atoms with Crippen LogP contribution in [0.3, 0.4) is 0 Å². The first-order valence-corrected chi connectivity index (χ1v) is 7.73. The molecule has 23 heavy (non-hydrogen) atoms. The lowest BCUT2D eigenvalue weighted by atomic mass is 10.0. The number of β-amino-alcohol motifs (C(OH)–C–C–N with tert-alkyl or cyclic N) is 1. The summed E-state index contributed by atoms with van der Waals surface area (Å²) in [7, 11) is 0. The van der Waals surface area contributed by atoms with Crippen molar-refractivity contribution in [1.29, 1.82) is 0 Å². The van der Waals surface area contributed by atoms with E-state index in [0.717, 1.165) is 12.1 Å². The summed E-state index contributed by atoms with van der Waals surface area (Å²) in [5.41, 5.74) is 0.862. The monoisotopic (exact) mass is 339 g/mol. The Bertz CT molecular complexity index is 555. The third-order valence-electron chi connectivity index (χ3n) is 4.25. The van der Waals surface area contributed by atoms with Gasteiger partial charge in [-0.25, -0.2) is 0 Å². The maximum atomic E-state index is 12.6. The Morgan fingerprint density at radius 3 is 2.70 bits per heavy atom. The standard InChI is InChI=1S/C16H21N3O3.ClH/c20-12-9-14(17-10-12)15(21)18-13-7-4-8-19(16(13)22)11-5-2-1-3-6-11;/h1-3,5-6,12-14,17,20H,4,7-10H2,(H,18,21);1H. The molecule has 2 aliphatic rings. The third-order valence-corrected chi connectivity index (χ3v) is 4.25. The van der Waals surface area contributed by atoms with Gasteiger partial charge in [-0.3, -0.25) is 9.59 Å². The van der Waals surface area contributed by atoms with Crippen molar-refractivity contribution in [2.45, 2.75) is 37.5 Å². The summed E-state index contributed by atoms with van der Waals surface area (Å²) < 4.78 is 0. The average molecular weight is 340 g/mol. The molecule has 2 heterocycles. The van der Waals surface area contributed by atoms with Crippen molar-refractivity contribution >= 4 is 29.9 Å². The summed E-state index contributed by atoms with van der Waals surface area (Å²) in [4.78, 5) is 26.5. The van der Waals surface area contributed by atoms with Gasteiger partial charge < -0.3 is 20.6 Å². The van der Waals surface area contributed by atoms with Gasteiger partial charge >= 0.3 is 0 Å². The zero-order chi connectivity index (χ0) is 15.5. The molecule has 0 aromatic heterocycles. The molecule has 6 nitrogen and oxygen atoms in total. The molecule has 7 heteroatoms. The van der Waals surface area contributed by atoms with Gasteiger partial charge in [-0.1, -0.05) is 18.2 Å². The summed E-state index contributed by atoms with van der Waals surface area (Å²) in [5, 5.41) is 15.3. The summed E-state index contributed by atoms with van der Waals surface area (Å²) in [5.74, 6) is -0.269. The predicted molar refractivity (Wildman–Crippen MR) is 89.6 cm³/mol. The van der Waals surface area contributed by atoms with Crippen LogP contribution in [0.2, 0.25) is 0 Å². The molecule has 0 bridgehead atoms. The molecule has 3 unspecified atom stereocenters. The summed E-state index contributed by atoms with van der Waals surface area (Å²) in [6, 6.07) is 8.61. The van der Waals surface area contributed by atoms with Crippen LogP contribution in [-0.4, -0.2) is 48.2 Å². The van der Waals surface area contributed by atoms with E-state index in [9.17, 15) is 14.7 Å². The van der Waals surface area contributed by atoms with Gasteiger partial charge in [0.05, 0.1) is 12.1 Å². The van der Waals surface area contributed by atoms with Crippen molar-refractivity contribution in [2.24, 2.45) is 0 Å². The zero-order valence-corrected chi connectivity index (χ0v) is 13.6. The van der Waals surface area contributed by atoms with Crippen LogP contribution in [0, 0.1) is 0 Å². The summed E-state index contributed by atoms with van der Waals surface area (Å²) >= 11 is 0. The van der Waals surface area contributed by atoms with Gasteiger partial charge in [0, 0.05) is 18.8 Å². The highest BCUT2D eigenvalue weighted by molar-refractivity contribution is 6.00. The van der Waals surface area contributed by atoms with Crippen LogP contribution in [0.5, 0.6) is 0 Å². The number of nitrogens with one attached hydrogen (secondary N) is 2. The molecule has 3 N–H and O–H groups in total. The van der Waals surface area contributed by atoms with E-state index < -0.39 is 18.2 Å². The number of hydrogen-bond donors (Lipinski definition) is 3. The molecule has 2 saturated heterocycles. The smallest absolute Gasteiger partial charge is 0.249 e. The number of para-hydroxylation sites is 1. The van der Waals surface area contributed by atoms with Gasteiger partial charge in [-0.15, -0.1) is 12.4 Å². The number of nitrogens with zero attached hydrogens (tertiary/aromatic N) is 1.